The number of carbonyl (C=O) groups excluding carboxylic acids is 3. The van der Waals surface area contributed by atoms with Crippen LogP contribution in [0.15, 0.2) is 78.4 Å². The van der Waals surface area contributed by atoms with Gasteiger partial charge in [0.05, 0.1) is 38.0 Å². The molecule has 1 saturated heterocycles. The van der Waals surface area contributed by atoms with Gasteiger partial charge in [-0.1, -0.05) is 26.0 Å². The van der Waals surface area contributed by atoms with Crippen LogP contribution in [0, 0.1) is 5.92 Å². The van der Waals surface area contributed by atoms with Crippen LogP contribution < -0.4 is 14.4 Å². The summed E-state index contributed by atoms with van der Waals surface area (Å²) in [5, 5.41) is 11.3. The number of Topliss-reactive ketones (excluding diaryl/α,β-unsaturated/α-hetero) is 1. The number of hydrogen-bond donors (Lipinski definition) is 1. The van der Waals surface area contributed by atoms with Gasteiger partial charge in [0, 0.05) is 11.3 Å². The Bertz CT molecular complexity index is 1360. The lowest BCUT2D eigenvalue weighted by atomic mass is 9.95. The Labute approximate surface area is 221 Å². The largest absolute Gasteiger partial charge is 0.507 e. The SMILES string of the molecule is COC(=O)c1ccc(N2C(=O)C(=O)/C(=C(/O)c3ccc(OCC(C)C)cc3)C2c2ccc(OC)cc2)cc1. The molecule has 1 aliphatic rings. The van der Waals surface area contributed by atoms with Crippen molar-refractivity contribution in [3.63, 3.8) is 0 Å². The van der Waals surface area contributed by atoms with Crippen molar-refractivity contribution in [1.82, 2.24) is 0 Å². The smallest absolute Gasteiger partial charge is 0.337 e. The van der Waals surface area contributed by atoms with Crippen molar-refractivity contribution in [3.8, 4) is 11.5 Å². The van der Waals surface area contributed by atoms with Gasteiger partial charge in [0.25, 0.3) is 11.7 Å². The van der Waals surface area contributed by atoms with Crippen LogP contribution in [0.3, 0.4) is 0 Å². The molecule has 0 aliphatic carbocycles. The van der Waals surface area contributed by atoms with Crippen LogP contribution in [0.2, 0.25) is 0 Å². The second kappa shape index (κ2) is 11.2. The highest BCUT2D eigenvalue weighted by Gasteiger charge is 2.47. The summed E-state index contributed by atoms with van der Waals surface area (Å²) in [5.74, 6) is -0.849. The lowest BCUT2D eigenvalue weighted by Gasteiger charge is -2.25. The topological polar surface area (TPSA) is 102 Å². The number of rotatable bonds is 8. The van der Waals surface area contributed by atoms with Gasteiger partial charge in [0.2, 0.25) is 0 Å². The number of benzene rings is 3. The zero-order chi connectivity index (χ0) is 27.4. The molecular formula is C30H29NO7. The predicted molar refractivity (Wildman–Crippen MR) is 142 cm³/mol. The molecule has 1 N–H and O–H groups in total. The zero-order valence-corrected chi connectivity index (χ0v) is 21.6. The standard InChI is InChI=1S/C30H29NO7/c1-18(2)17-38-24-15-9-20(10-16-24)27(32)25-26(19-7-13-23(36-3)14-8-19)31(29(34)28(25)33)22-11-5-21(6-12-22)30(35)37-4/h5-16,18,26,32H,17H2,1-4H3/b27-25+. The van der Waals surface area contributed by atoms with E-state index in [-0.39, 0.29) is 11.3 Å². The van der Waals surface area contributed by atoms with E-state index in [0.717, 1.165) is 0 Å². The summed E-state index contributed by atoms with van der Waals surface area (Å²) < 4.78 is 15.7. The van der Waals surface area contributed by atoms with Crippen LogP contribution in [-0.4, -0.2) is 43.6 Å². The molecule has 38 heavy (non-hydrogen) atoms. The highest BCUT2D eigenvalue weighted by atomic mass is 16.5. The van der Waals surface area contributed by atoms with Crippen molar-refractivity contribution >= 4 is 29.1 Å². The Balaban J connectivity index is 1.80. The van der Waals surface area contributed by atoms with Gasteiger partial charge in [0.1, 0.15) is 17.3 Å². The van der Waals surface area contributed by atoms with E-state index in [0.29, 0.717) is 46.4 Å². The van der Waals surface area contributed by atoms with E-state index in [1.165, 1.54) is 24.1 Å². The fourth-order valence-corrected chi connectivity index (χ4v) is 4.20. The molecule has 0 saturated carbocycles. The molecule has 1 heterocycles. The Morgan fingerprint density at radius 2 is 1.45 bits per heavy atom. The molecule has 0 spiro atoms. The van der Waals surface area contributed by atoms with Gasteiger partial charge >= 0.3 is 5.97 Å². The summed E-state index contributed by atoms with van der Waals surface area (Å²) in [6.45, 7) is 4.63. The first-order valence-corrected chi connectivity index (χ1v) is 12.1. The van der Waals surface area contributed by atoms with Crippen LogP contribution in [0.25, 0.3) is 5.76 Å². The minimum atomic E-state index is -0.915. The minimum Gasteiger partial charge on any atom is -0.507 e. The fraction of sp³-hybridized carbons (Fsp3) is 0.233. The van der Waals surface area contributed by atoms with Crippen molar-refractivity contribution in [2.45, 2.75) is 19.9 Å². The van der Waals surface area contributed by atoms with Crippen molar-refractivity contribution in [1.29, 1.82) is 0 Å². The van der Waals surface area contributed by atoms with Crippen molar-refractivity contribution in [3.05, 3.63) is 95.1 Å². The Morgan fingerprint density at radius 3 is 2.00 bits per heavy atom. The number of aliphatic hydroxyl groups excluding tert-OH is 1. The number of carbonyl (C=O) groups is 3. The van der Waals surface area contributed by atoms with E-state index in [4.69, 9.17) is 14.2 Å². The predicted octanol–water partition coefficient (Wildman–Crippen LogP) is 5.14. The highest BCUT2D eigenvalue weighted by Crippen LogP contribution is 2.42. The number of aliphatic hydroxyl groups is 1. The first-order valence-electron chi connectivity index (χ1n) is 12.1. The van der Waals surface area contributed by atoms with Crippen LogP contribution in [0.1, 0.15) is 41.4 Å². The molecule has 3 aromatic carbocycles. The number of hydrogen-bond acceptors (Lipinski definition) is 7. The molecule has 196 valence electrons. The quantitative estimate of drug-likeness (QED) is 0.192. The van der Waals surface area contributed by atoms with Gasteiger partial charge in [-0.3, -0.25) is 14.5 Å². The van der Waals surface area contributed by atoms with Crippen molar-refractivity contribution in [2.75, 3.05) is 25.7 Å². The first-order chi connectivity index (χ1) is 18.2. The van der Waals surface area contributed by atoms with Crippen LogP contribution in [0.5, 0.6) is 11.5 Å². The number of anilines is 1. The maximum absolute atomic E-state index is 13.3. The van der Waals surface area contributed by atoms with E-state index in [9.17, 15) is 19.5 Å². The Kier molecular flexibility index (Phi) is 7.81. The van der Waals surface area contributed by atoms with Gasteiger partial charge in [-0.05, 0) is 72.1 Å². The third-order valence-corrected chi connectivity index (χ3v) is 6.15. The highest BCUT2D eigenvalue weighted by molar-refractivity contribution is 6.51. The third-order valence-electron chi connectivity index (χ3n) is 6.15. The maximum Gasteiger partial charge on any atom is 0.337 e. The number of amides is 1. The molecule has 1 amide bonds. The summed E-state index contributed by atoms with van der Waals surface area (Å²) >= 11 is 0. The molecule has 8 nitrogen and oxygen atoms in total. The molecular weight excluding hydrogens is 486 g/mol. The maximum atomic E-state index is 13.3. The van der Waals surface area contributed by atoms with Crippen LogP contribution in [0.4, 0.5) is 5.69 Å². The number of ether oxygens (including phenoxy) is 3. The van der Waals surface area contributed by atoms with E-state index in [1.807, 2.05) is 13.8 Å². The molecule has 1 aliphatic heterocycles. The number of ketones is 1. The number of methoxy groups -OCH3 is 2. The van der Waals surface area contributed by atoms with Gasteiger partial charge in [-0.2, -0.15) is 0 Å². The van der Waals surface area contributed by atoms with E-state index < -0.39 is 23.7 Å². The molecule has 4 rings (SSSR count). The summed E-state index contributed by atoms with van der Waals surface area (Å²) in [7, 11) is 2.82. The third kappa shape index (κ3) is 5.25. The van der Waals surface area contributed by atoms with Crippen LogP contribution >= 0.6 is 0 Å². The molecule has 0 bridgehead atoms. The zero-order valence-electron chi connectivity index (χ0n) is 21.6. The van der Waals surface area contributed by atoms with Gasteiger partial charge in [-0.15, -0.1) is 0 Å². The van der Waals surface area contributed by atoms with E-state index >= 15 is 0 Å². The Hall–Kier alpha value is -4.59. The van der Waals surface area contributed by atoms with E-state index in [1.54, 1.807) is 67.8 Å². The summed E-state index contributed by atoms with van der Waals surface area (Å²) in [4.78, 5) is 39.9. The monoisotopic (exact) mass is 515 g/mol. The molecule has 1 atom stereocenters. The second-order valence-corrected chi connectivity index (χ2v) is 9.21. The fourth-order valence-electron chi connectivity index (χ4n) is 4.20. The average molecular weight is 516 g/mol. The van der Waals surface area contributed by atoms with Crippen molar-refractivity contribution < 1.29 is 33.7 Å². The average Bonchev–Trinajstić information content (AvgIpc) is 3.21. The Morgan fingerprint density at radius 1 is 0.868 bits per heavy atom. The van der Waals surface area contributed by atoms with Crippen LogP contribution in [-0.2, 0) is 14.3 Å². The van der Waals surface area contributed by atoms with Gasteiger partial charge in [-0.25, -0.2) is 4.79 Å². The lowest BCUT2D eigenvalue weighted by molar-refractivity contribution is -0.132. The molecule has 1 fully saturated rings. The normalized spacial score (nSPS) is 16.6. The summed E-state index contributed by atoms with van der Waals surface area (Å²) in [5.41, 5.74) is 1.61. The summed E-state index contributed by atoms with van der Waals surface area (Å²) in [6.07, 6.45) is 0. The molecule has 3 aromatic rings. The molecule has 0 aromatic heterocycles. The molecule has 8 heteroatoms. The number of esters is 1. The van der Waals surface area contributed by atoms with E-state index in [2.05, 4.69) is 0 Å². The van der Waals surface area contributed by atoms with Gasteiger partial charge < -0.3 is 19.3 Å². The lowest BCUT2D eigenvalue weighted by Crippen LogP contribution is -2.29. The first kappa shape index (κ1) is 26.5. The minimum absolute atomic E-state index is 0.0481. The molecule has 0 radical (unpaired) electrons. The summed E-state index contributed by atoms with van der Waals surface area (Å²) in [6, 6.07) is 18.9. The van der Waals surface area contributed by atoms with Crippen molar-refractivity contribution in [2.24, 2.45) is 5.92 Å². The number of nitrogens with zero attached hydrogens (tertiary/aromatic N) is 1. The second-order valence-electron chi connectivity index (χ2n) is 9.21. The molecule has 1 unspecified atom stereocenters. The van der Waals surface area contributed by atoms with Gasteiger partial charge in [0.15, 0.2) is 0 Å².